The van der Waals surface area contributed by atoms with Crippen LogP contribution in [0.5, 0.6) is 5.75 Å². The van der Waals surface area contributed by atoms with E-state index in [1.807, 2.05) is 27.7 Å². The van der Waals surface area contributed by atoms with E-state index in [2.05, 4.69) is 10.3 Å². The van der Waals surface area contributed by atoms with E-state index in [4.69, 9.17) is 21.1 Å². The molecule has 1 amide bonds. The normalized spacial score (nSPS) is 12.2. The smallest absolute Gasteiger partial charge is 0.408 e. The minimum atomic E-state index is -0.601. The zero-order valence-corrected chi connectivity index (χ0v) is 17.7. The fourth-order valence-corrected chi connectivity index (χ4v) is 3.01. The van der Waals surface area contributed by atoms with Gasteiger partial charge in [-0.1, -0.05) is 17.7 Å². The standard InChI is InChI=1S/C21H25ClN2O4/c1-12-17(22)9-16(13(2)28-20(26)24-21(3,4)5)19(27-6)18(12)14-7-8-15(11-25)23-10-14/h7-11,13H,1-6H3,(H,24,26). The van der Waals surface area contributed by atoms with Gasteiger partial charge in [0.05, 0.1) is 7.11 Å². The number of rotatable bonds is 5. The molecule has 0 radical (unpaired) electrons. The molecule has 150 valence electrons. The van der Waals surface area contributed by atoms with Crippen LogP contribution < -0.4 is 10.1 Å². The maximum atomic E-state index is 12.2. The zero-order chi connectivity index (χ0) is 21.1. The number of benzene rings is 1. The lowest BCUT2D eigenvalue weighted by molar-refractivity contribution is 0.0987. The van der Waals surface area contributed by atoms with E-state index in [0.29, 0.717) is 28.3 Å². The highest BCUT2D eigenvalue weighted by Crippen LogP contribution is 2.42. The number of halogens is 1. The molecule has 0 aliphatic rings. The van der Waals surface area contributed by atoms with E-state index < -0.39 is 17.7 Å². The molecule has 0 fully saturated rings. The van der Waals surface area contributed by atoms with Crippen molar-refractivity contribution in [1.82, 2.24) is 10.3 Å². The number of methoxy groups -OCH3 is 1. The van der Waals surface area contributed by atoms with Gasteiger partial charge in [0.15, 0.2) is 6.29 Å². The van der Waals surface area contributed by atoms with E-state index in [1.54, 1.807) is 38.4 Å². The lowest BCUT2D eigenvalue weighted by atomic mass is 9.95. The van der Waals surface area contributed by atoms with Crippen LogP contribution in [-0.4, -0.2) is 30.0 Å². The first-order chi connectivity index (χ1) is 13.1. The Morgan fingerprint density at radius 3 is 2.50 bits per heavy atom. The number of amides is 1. The molecule has 1 atom stereocenters. The Labute approximate surface area is 170 Å². The van der Waals surface area contributed by atoms with Crippen molar-refractivity contribution in [1.29, 1.82) is 0 Å². The average molecular weight is 405 g/mol. The fraction of sp³-hybridized carbons (Fsp3) is 0.381. The molecule has 28 heavy (non-hydrogen) atoms. The second-order valence-electron chi connectivity index (χ2n) is 7.49. The van der Waals surface area contributed by atoms with Crippen LogP contribution in [0.3, 0.4) is 0 Å². The molecule has 0 bridgehead atoms. The molecule has 1 aromatic heterocycles. The minimum Gasteiger partial charge on any atom is -0.496 e. The predicted octanol–water partition coefficient (Wildman–Crippen LogP) is 5.12. The summed E-state index contributed by atoms with van der Waals surface area (Å²) in [6.07, 6.45) is 1.14. The Morgan fingerprint density at radius 2 is 2.00 bits per heavy atom. The summed E-state index contributed by atoms with van der Waals surface area (Å²) in [7, 11) is 1.55. The molecule has 1 aromatic carbocycles. The molecule has 2 rings (SSSR count). The SMILES string of the molecule is COc1c(C(C)OC(=O)NC(C)(C)C)cc(Cl)c(C)c1-c1ccc(C=O)nc1. The van der Waals surface area contributed by atoms with Gasteiger partial charge in [0.2, 0.25) is 0 Å². The highest BCUT2D eigenvalue weighted by Gasteiger charge is 2.24. The van der Waals surface area contributed by atoms with E-state index in [-0.39, 0.29) is 0 Å². The number of nitrogens with one attached hydrogen (secondary N) is 1. The highest BCUT2D eigenvalue weighted by atomic mass is 35.5. The summed E-state index contributed by atoms with van der Waals surface area (Å²) in [5.41, 5.74) is 2.84. The molecular weight excluding hydrogens is 380 g/mol. The second-order valence-corrected chi connectivity index (χ2v) is 7.90. The summed E-state index contributed by atoms with van der Waals surface area (Å²) in [6, 6.07) is 5.14. The van der Waals surface area contributed by atoms with Crippen LogP contribution in [-0.2, 0) is 4.74 Å². The molecule has 1 heterocycles. The number of aldehydes is 1. The number of nitrogens with zero attached hydrogens (tertiary/aromatic N) is 1. The van der Waals surface area contributed by atoms with Crippen LogP contribution in [0.1, 0.15) is 55.4 Å². The minimum absolute atomic E-state index is 0.332. The maximum absolute atomic E-state index is 12.2. The summed E-state index contributed by atoms with van der Waals surface area (Å²) in [5, 5.41) is 3.28. The largest absolute Gasteiger partial charge is 0.496 e. The number of hydrogen-bond donors (Lipinski definition) is 1. The van der Waals surface area contributed by atoms with Gasteiger partial charge in [0.25, 0.3) is 0 Å². The van der Waals surface area contributed by atoms with Crippen LogP contribution in [0.2, 0.25) is 5.02 Å². The molecule has 7 heteroatoms. The van der Waals surface area contributed by atoms with Crippen molar-refractivity contribution in [2.45, 2.75) is 46.3 Å². The summed E-state index contributed by atoms with van der Waals surface area (Å²) in [5.74, 6) is 0.540. The summed E-state index contributed by atoms with van der Waals surface area (Å²) in [6.45, 7) is 9.24. The van der Waals surface area contributed by atoms with Crippen LogP contribution in [0.4, 0.5) is 4.79 Å². The average Bonchev–Trinajstić information content (AvgIpc) is 2.61. The Kier molecular flexibility index (Phi) is 6.67. The van der Waals surface area contributed by atoms with Crippen molar-refractivity contribution >= 4 is 24.0 Å². The molecule has 1 N–H and O–H groups in total. The number of alkyl carbamates (subject to hydrolysis) is 1. The second kappa shape index (κ2) is 8.61. The van der Waals surface area contributed by atoms with Crippen molar-refractivity contribution in [3.63, 3.8) is 0 Å². The molecule has 2 aromatic rings. The highest BCUT2D eigenvalue weighted by molar-refractivity contribution is 6.32. The number of carbonyl (C=O) groups is 2. The number of carbonyl (C=O) groups excluding carboxylic acids is 2. The van der Waals surface area contributed by atoms with Crippen LogP contribution in [0, 0.1) is 6.92 Å². The van der Waals surface area contributed by atoms with Gasteiger partial charge in [-0.3, -0.25) is 9.78 Å². The molecule has 0 saturated carbocycles. The molecule has 0 spiro atoms. The van der Waals surface area contributed by atoms with E-state index >= 15 is 0 Å². The van der Waals surface area contributed by atoms with Gasteiger partial charge in [-0.2, -0.15) is 0 Å². The number of aromatic nitrogens is 1. The summed E-state index contributed by atoms with van der Waals surface area (Å²) < 4.78 is 11.2. The zero-order valence-electron chi connectivity index (χ0n) is 16.9. The molecule has 1 unspecified atom stereocenters. The van der Waals surface area contributed by atoms with Crippen molar-refractivity contribution in [2.24, 2.45) is 0 Å². The first-order valence-corrected chi connectivity index (χ1v) is 9.22. The quantitative estimate of drug-likeness (QED) is 0.700. The Hall–Kier alpha value is -2.60. The van der Waals surface area contributed by atoms with Crippen molar-refractivity contribution in [3.8, 4) is 16.9 Å². The Balaban J connectivity index is 2.49. The molecule has 6 nitrogen and oxygen atoms in total. The number of hydrogen-bond acceptors (Lipinski definition) is 5. The summed E-state index contributed by atoms with van der Waals surface area (Å²) >= 11 is 6.46. The van der Waals surface area contributed by atoms with Gasteiger partial charge in [-0.15, -0.1) is 0 Å². The van der Waals surface area contributed by atoms with Gasteiger partial charge in [-0.25, -0.2) is 4.79 Å². The molecule has 0 aliphatic heterocycles. The van der Waals surface area contributed by atoms with Crippen molar-refractivity contribution < 1.29 is 19.1 Å². The first kappa shape index (κ1) is 21.7. The van der Waals surface area contributed by atoms with E-state index in [1.165, 1.54) is 0 Å². The first-order valence-electron chi connectivity index (χ1n) is 8.84. The lowest BCUT2D eigenvalue weighted by Crippen LogP contribution is -2.41. The van der Waals surface area contributed by atoms with Gasteiger partial charge in [0, 0.05) is 33.4 Å². The van der Waals surface area contributed by atoms with Gasteiger partial charge >= 0.3 is 6.09 Å². The number of ether oxygens (including phenoxy) is 2. The van der Waals surface area contributed by atoms with Crippen molar-refractivity contribution in [2.75, 3.05) is 7.11 Å². The topological polar surface area (TPSA) is 77.5 Å². The van der Waals surface area contributed by atoms with Gasteiger partial charge in [0.1, 0.15) is 17.5 Å². The van der Waals surface area contributed by atoms with Crippen molar-refractivity contribution in [3.05, 3.63) is 46.2 Å². The third kappa shape index (κ3) is 5.01. The van der Waals surface area contributed by atoms with Gasteiger partial charge in [-0.05, 0) is 52.3 Å². The maximum Gasteiger partial charge on any atom is 0.408 e. The molecule has 0 saturated heterocycles. The molecular formula is C21H25ClN2O4. The lowest BCUT2D eigenvalue weighted by Gasteiger charge is -2.24. The summed E-state index contributed by atoms with van der Waals surface area (Å²) in [4.78, 5) is 27.2. The monoisotopic (exact) mass is 404 g/mol. The third-order valence-corrected chi connectivity index (χ3v) is 4.50. The van der Waals surface area contributed by atoms with Crippen LogP contribution in [0.25, 0.3) is 11.1 Å². The Morgan fingerprint density at radius 1 is 1.32 bits per heavy atom. The third-order valence-electron chi connectivity index (χ3n) is 4.10. The fourth-order valence-electron chi connectivity index (χ4n) is 2.80. The Bertz CT molecular complexity index is 873. The van der Waals surface area contributed by atoms with Gasteiger partial charge < -0.3 is 14.8 Å². The van der Waals surface area contributed by atoms with Crippen LogP contribution in [0.15, 0.2) is 24.4 Å². The van der Waals surface area contributed by atoms with Crippen LogP contribution >= 0.6 is 11.6 Å². The molecule has 0 aliphatic carbocycles. The van der Waals surface area contributed by atoms with E-state index in [0.717, 1.165) is 16.7 Å². The van der Waals surface area contributed by atoms with E-state index in [9.17, 15) is 9.59 Å². The number of pyridine rings is 1. The predicted molar refractivity (Wildman–Crippen MR) is 109 cm³/mol.